The molecule has 0 saturated heterocycles. The van der Waals surface area contributed by atoms with Gasteiger partial charge in [-0.25, -0.2) is 4.79 Å². The van der Waals surface area contributed by atoms with E-state index in [4.69, 9.17) is 14.0 Å². The summed E-state index contributed by atoms with van der Waals surface area (Å²) in [5.74, 6) is -0.104. The van der Waals surface area contributed by atoms with Crippen LogP contribution in [0.3, 0.4) is 0 Å². The van der Waals surface area contributed by atoms with Crippen LogP contribution in [0.1, 0.15) is 55.2 Å². The van der Waals surface area contributed by atoms with Gasteiger partial charge in [-0.05, 0) is 44.4 Å². The molecular formula is C19H24N2O5. The molecule has 1 N–H and O–H groups in total. The molecule has 0 aliphatic rings. The van der Waals surface area contributed by atoms with Crippen molar-refractivity contribution >= 4 is 17.8 Å². The molecule has 0 fully saturated rings. The number of benzene rings is 1. The van der Waals surface area contributed by atoms with Crippen LogP contribution in [0.15, 0.2) is 28.8 Å². The predicted molar refractivity (Wildman–Crippen MR) is 96.4 cm³/mol. The van der Waals surface area contributed by atoms with Crippen molar-refractivity contribution in [3.63, 3.8) is 0 Å². The van der Waals surface area contributed by atoms with Gasteiger partial charge in [-0.3, -0.25) is 10.1 Å². The number of nitrogens with zero attached hydrogens (tertiary/aromatic N) is 1. The van der Waals surface area contributed by atoms with E-state index in [0.717, 1.165) is 0 Å². The van der Waals surface area contributed by atoms with Gasteiger partial charge in [0.2, 0.25) is 5.88 Å². The van der Waals surface area contributed by atoms with E-state index in [1.165, 1.54) is 5.56 Å². The predicted octanol–water partition coefficient (Wildman–Crippen LogP) is 3.69. The van der Waals surface area contributed by atoms with Gasteiger partial charge in [0.05, 0.1) is 12.3 Å². The minimum atomic E-state index is -0.791. The van der Waals surface area contributed by atoms with Crippen molar-refractivity contribution in [3.8, 4) is 5.75 Å². The number of carbonyl (C=O) groups is 2. The van der Waals surface area contributed by atoms with Crippen LogP contribution >= 0.6 is 0 Å². The summed E-state index contributed by atoms with van der Waals surface area (Å²) in [5, 5.41) is 6.24. The average Bonchev–Trinajstić information content (AvgIpc) is 2.95. The number of esters is 1. The summed E-state index contributed by atoms with van der Waals surface area (Å²) in [6, 6.07) is 7.57. The van der Waals surface area contributed by atoms with E-state index in [2.05, 4.69) is 24.3 Å². The molecule has 1 amide bonds. The van der Waals surface area contributed by atoms with Crippen molar-refractivity contribution in [1.82, 2.24) is 5.16 Å². The molecule has 26 heavy (non-hydrogen) atoms. The summed E-state index contributed by atoms with van der Waals surface area (Å²) >= 11 is 0. The Morgan fingerprint density at radius 1 is 1.19 bits per heavy atom. The SMILES string of the molecule is CCOC(=O)c1c(C)noc1NC(=O)C(C)Oc1ccc(C(C)C)cc1. The molecule has 1 atom stereocenters. The van der Waals surface area contributed by atoms with E-state index in [1.807, 2.05) is 24.3 Å². The molecule has 0 saturated carbocycles. The first-order valence-corrected chi connectivity index (χ1v) is 8.54. The highest BCUT2D eigenvalue weighted by atomic mass is 16.5. The Kier molecular flexibility index (Phi) is 6.38. The number of hydrogen-bond donors (Lipinski definition) is 1. The lowest BCUT2D eigenvalue weighted by atomic mass is 10.0. The van der Waals surface area contributed by atoms with Crippen LogP contribution in [0, 0.1) is 6.92 Å². The molecule has 7 heteroatoms. The number of hydrogen-bond acceptors (Lipinski definition) is 6. The quantitative estimate of drug-likeness (QED) is 0.757. The van der Waals surface area contributed by atoms with E-state index in [0.29, 0.717) is 17.4 Å². The topological polar surface area (TPSA) is 90.7 Å². The van der Waals surface area contributed by atoms with E-state index < -0.39 is 18.0 Å². The number of carbonyl (C=O) groups excluding carboxylic acids is 2. The summed E-state index contributed by atoms with van der Waals surface area (Å²) in [6.07, 6.45) is -0.791. The first-order valence-electron chi connectivity index (χ1n) is 8.54. The fraction of sp³-hybridized carbons (Fsp3) is 0.421. The number of aryl methyl sites for hydroxylation is 1. The van der Waals surface area contributed by atoms with E-state index >= 15 is 0 Å². The highest BCUT2D eigenvalue weighted by Crippen LogP contribution is 2.22. The Labute approximate surface area is 152 Å². The smallest absolute Gasteiger partial charge is 0.345 e. The molecule has 1 unspecified atom stereocenters. The van der Waals surface area contributed by atoms with Crippen molar-refractivity contribution in [2.24, 2.45) is 0 Å². The van der Waals surface area contributed by atoms with Crippen LogP contribution in [-0.2, 0) is 9.53 Å². The second kappa shape index (κ2) is 8.51. The van der Waals surface area contributed by atoms with E-state index in [9.17, 15) is 9.59 Å². The van der Waals surface area contributed by atoms with E-state index in [1.54, 1.807) is 20.8 Å². The van der Waals surface area contributed by atoms with Gasteiger partial charge >= 0.3 is 5.97 Å². The maximum Gasteiger partial charge on any atom is 0.345 e. The van der Waals surface area contributed by atoms with Crippen molar-refractivity contribution in [2.45, 2.75) is 46.6 Å². The van der Waals surface area contributed by atoms with Crippen molar-refractivity contribution < 1.29 is 23.6 Å². The Morgan fingerprint density at radius 3 is 2.42 bits per heavy atom. The fourth-order valence-corrected chi connectivity index (χ4v) is 2.30. The van der Waals surface area contributed by atoms with E-state index in [-0.39, 0.29) is 18.1 Å². The maximum absolute atomic E-state index is 12.4. The standard InChI is InChI=1S/C19H24N2O5/c1-6-24-19(23)16-12(4)21-26-18(16)20-17(22)13(5)25-15-9-7-14(8-10-15)11(2)3/h7-11,13H,6H2,1-5H3,(H,20,22). The molecular weight excluding hydrogens is 336 g/mol. The Hall–Kier alpha value is -2.83. The van der Waals surface area contributed by atoms with Crippen LogP contribution in [0.25, 0.3) is 0 Å². The zero-order chi connectivity index (χ0) is 19.3. The molecule has 7 nitrogen and oxygen atoms in total. The minimum absolute atomic E-state index is 0.0449. The van der Waals surface area contributed by atoms with Gasteiger partial charge in [-0.15, -0.1) is 0 Å². The molecule has 2 aromatic rings. The number of ether oxygens (including phenoxy) is 2. The van der Waals surface area contributed by atoms with Crippen LogP contribution in [0.5, 0.6) is 5.75 Å². The van der Waals surface area contributed by atoms with Crippen LogP contribution < -0.4 is 10.1 Å². The summed E-state index contributed by atoms with van der Waals surface area (Å²) in [6.45, 7) is 9.32. The third-order valence-electron chi connectivity index (χ3n) is 3.81. The van der Waals surface area contributed by atoms with Gasteiger partial charge in [0.25, 0.3) is 5.91 Å². The molecule has 0 radical (unpaired) electrons. The first-order chi connectivity index (χ1) is 12.3. The highest BCUT2D eigenvalue weighted by Gasteiger charge is 2.25. The van der Waals surface area contributed by atoms with Crippen molar-refractivity contribution in [3.05, 3.63) is 41.1 Å². The third-order valence-corrected chi connectivity index (χ3v) is 3.81. The summed E-state index contributed by atoms with van der Waals surface area (Å²) in [4.78, 5) is 24.3. The van der Waals surface area contributed by atoms with Crippen LogP contribution in [0.2, 0.25) is 0 Å². The molecule has 1 heterocycles. The Bertz CT molecular complexity index is 765. The Balaban J connectivity index is 2.04. The molecule has 2 rings (SSSR count). The van der Waals surface area contributed by atoms with Crippen LogP contribution in [-0.4, -0.2) is 29.7 Å². The highest BCUT2D eigenvalue weighted by molar-refractivity contribution is 6.01. The molecule has 1 aromatic heterocycles. The third kappa shape index (κ3) is 4.62. The first kappa shape index (κ1) is 19.5. The summed E-state index contributed by atoms with van der Waals surface area (Å²) in [7, 11) is 0. The Morgan fingerprint density at radius 2 is 1.85 bits per heavy atom. The zero-order valence-corrected chi connectivity index (χ0v) is 15.7. The number of anilines is 1. The second-order valence-electron chi connectivity index (χ2n) is 6.17. The lowest BCUT2D eigenvalue weighted by molar-refractivity contribution is -0.122. The van der Waals surface area contributed by atoms with Gasteiger partial charge in [-0.2, -0.15) is 0 Å². The van der Waals surface area contributed by atoms with Crippen LogP contribution in [0.4, 0.5) is 5.88 Å². The van der Waals surface area contributed by atoms with Gasteiger partial charge in [-0.1, -0.05) is 31.1 Å². The number of aromatic nitrogens is 1. The molecule has 0 spiro atoms. The zero-order valence-electron chi connectivity index (χ0n) is 15.7. The molecule has 0 aliphatic heterocycles. The fourth-order valence-electron chi connectivity index (χ4n) is 2.30. The largest absolute Gasteiger partial charge is 0.481 e. The van der Waals surface area contributed by atoms with Crippen molar-refractivity contribution in [1.29, 1.82) is 0 Å². The normalized spacial score (nSPS) is 11.9. The second-order valence-corrected chi connectivity index (χ2v) is 6.17. The van der Waals surface area contributed by atoms with Gasteiger partial charge in [0, 0.05) is 0 Å². The van der Waals surface area contributed by atoms with Gasteiger partial charge in [0.15, 0.2) is 6.10 Å². The monoisotopic (exact) mass is 360 g/mol. The van der Waals surface area contributed by atoms with Gasteiger partial charge < -0.3 is 14.0 Å². The summed E-state index contributed by atoms with van der Waals surface area (Å²) in [5.41, 5.74) is 1.64. The van der Waals surface area contributed by atoms with Crippen molar-refractivity contribution in [2.75, 3.05) is 11.9 Å². The maximum atomic E-state index is 12.4. The molecule has 0 aliphatic carbocycles. The molecule has 1 aromatic carbocycles. The lowest BCUT2D eigenvalue weighted by Gasteiger charge is -2.15. The molecule has 140 valence electrons. The molecule has 0 bridgehead atoms. The lowest BCUT2D eigenvalue weighted by Crippen LogP contribution is -2.30. The summed E-state index contributed by atoms with van der Waals surface area (Å²) < 4.78 is 15.6. The number of rotatable bonds is 7. The van der Waals surface area contributed by atoms with Gasteiger partial charge in [0.1, 0.15) is 11.3 Å². The number of amides is 1. The average molecular weight is 360 g/mol. The minimum Gasteiger partial charge on any atom is -0.481 e. The number of nitrogens with one attached hydrogen (secondary N) is 1.